The van der Waals surface area contributed by atoms with Crippen molar-refractivity contribution >= 4 is 41.9 Å². The Morgan fingerprint density at radius 1 is 1.25 bits per heavy atom. The molecule has 2 rings (SSSR count). The van der Waals surface area contributed by atoms with Gasteiger partial charge in [-0.05, 0) is 58.8 Å². The van der Waals surface area contributed by atoms with Gasteiger partial charge in [0.2, 0.25) is 10.0 Å². The van der Waals surface area contributed by atoms with E-state index < -0.39 is 10.0 Å². The summed E-state index contributed by atoms with van der Waals surface area (Å²) in [4.78, 5) is 0.296. The number of sulfonamides is 1. The van der Waals surface area contributed by atoms with Crippen molar-refractivity contribution in [2.24, 2.45) is 5.41 Å². The molecule has 1 fully saturated rings. The number of rotatable bonds is 5. The summed E-state index contributed by atoms with van der Waals surface area (Å²) in [5, 5.41) is 0. The molecule has 112 valence electrons. The van der Waals surface area contributed by atoms with Gasteiger partial charge < -0.3 is 0 Å². The lowest BCUT2D eigenvalue weighted by atomic mass is 9.84. The maximum atomic E-state index is 12.4. The molecule has 20 heavy (non-hydrogen) atoms. The highest BCUT2D eigenvalue weighted by molar-refractivity contribution is 9.11. The molecule has 1 aromatic carbocycles. The van der Waals surface area contributed by atoms with E-state index in [1.807, 2.05) is 0 Å². The lowest BCUT2D eigenvalue weighted by Gasteiger charge is -2.27. The first kappa shape index (κ1) is 16.5. The molecule has 1 aliphatic carbocycles. The Balaban J connectivity index is 2.15. The van der Waals surface area contributed by atoms with Crippen LogP contribution >= 0.6 is 31.9 Å². The molecule has 0 unspecified atom stereocenters. The first-order valence-electron chi connectivity index (χ1n) is 6.83. The SMILES string of the molecule is CCC1(CNS(=O)(=O)c2ccc(Br)cc2Br)CCCC1. The van der Waals surface area contributed by atoms with Crippen molar-refractivity contribution in [3.8, 4) is 0 Å². The fraction of sp³-hybridized carbons (Fsp3) is 0.571. The summed E-state index contributed by atoms with van der Waals surface area (Å²) in [6.45, 7) is 2.68. The highest BCUT2D eigenvalue weighted by Crippen LogP contribution is 2.40. The maximum Gasteiger partial charge on any atom is 0.241 e. The Bertz CT molecular complexity index is 581. The van der Waals surface area contributed by atoms with Crippen LogP contribution in [0.5, 0.6) is 0 Å². The summed E-state index contributed by atoms with van der Waals surface area (Å²) in [7, 11) is -3.46. The second-order valence-corrected chi connectivity index (χ2v) is 8.97. The van der Waals surface area contributed by atoms with Gasteiger partial charge in [-0.1, -0.05) is 35.7 Å². The lowest BCUT2D eigenvalue weighted by molar-refractivity contribution is 0.285. The smallest absolute Gasteiger partial charge is 0.211 e. The number of halogens is 2. The van der Waals surface area contributed by atoms with Crippen LogP contribution in [0.15, 0.2) is 32.0 Å². The first-order valence-corrected chi connectivity index (χ1v) is 9.90. The second-order valence-electron chi connectivity index (χ2n) is 5.46. The average Bonchev–Trinajstić information content (AvgIpc) is 2.85. The topological polar surface area (TPSA) is 46.2 Å². The van der Waals surface area contributed by atoms with Gasteiger partial charge in [0.15, 0.2) is 0 Å². The molecule has 6 heteroatoms. The molecule has 0 saturated heterocycles. The highest BCUT2D eigenvalue weighted by Gasteiger charge is 2.33. The van der Waals surface area contributed by atoms with Crippen molar-refractivity contribution < 1.29 is 8.42 Å². The summed E-state index contributed by atoms with van der Waals surface area (Å²) in [5.41, 5.74) is 0.148. The summed E-state index contributed by atoms with van der Waals surface area (Å²) in [5.74, 6) is 0. The van der Waals surface area contributed by atoms with Crippen molar-refractivity contribution in [2.45, 2.75) is 43.9 Å². The summed E-state index contributed by atoms with van der Waals surface area (Å²) in [6.07, 6.45) is 5.67. The monoisotopic (exact) mass is 423 g/mol. The minimum Gasteiger partial charge on any atom is -0.211 e. The van der Waals surface area contributed by atoms with E-state index in [0.29, 0.717) is 15.9 Å². The van der Waals surface area contributed by atoms with Crippen molar-refractivity contribution in [1.29, 1.82) is 0 Å². The molecule has 1 aliphatic rings. The zero-order chi connectivity index (χ0) is 14.8. The molecule has 0 amide bonds. The molecule has 0 aliphatic heterocycles. The van der Waals surface area contributed by atoms with Gasteiger partial charge in [0.1, 0.15) is 0 Å². The molecule has 0 radical (unpaired) electrons. The fourth-order valence-electron chi connectivity index (χ4n) is 2.80. The van der Waals surface area contributed by atoms with Gasteiger partial charge in [0.05, 0.1) is 4.90 Å². The van der Waals surface area contributed by atoms with Gasteiger partial charge in [0, 0.05) is 15.5 Å². The van der Waals surface area contributed by atoms with Gasteiger partial charge in [-0.25, -0.2) is 13.1 Å². The standard InChI is InChI=1S/C14H19Br2NO2S/c1-2-14(7-3-4-8-14)10-17-20(18,19)13-6-5-11(15)9-12(13)16/h5-6,9,17H,2-4,7-8,10H2,1H3. The maximum absolute atomic E-state index is 12.4. The minimum absolute atomic E-state index is 0.148. The molecule has 0 aromatic heterocycles. The average molecular weight is 425 g/mol. The zero-order valence-electron chi connectivity index (χ0n) is 11.5. The van der Waals surface area contributed by atoms with Gasteiger partial charge in [-0.15, -0.1) is 0 Å². The fourth-order valence-corrected chi connectivity index (χ4v) is 5.70. The van der Waals surface area contributed by atoms with Crippen LogP contribution in [0.3, 0.4) is 0 Å². The van der Waals surface area contributed by atoms with Crippen LogP contribution in [0.1, 0.15) is 39.0 Å². The predicted octanol–water partition coefficient (Wildman–Crippen LogP) is 4.46. The normalized spacial score (nSPS) is 18.4. The van der Waals surface area contributed by atoms with Crippen molar-refractivity contribution in [2.75, 3.05) is 6.54 Å². The Morgan fingerprint density at radius 3 is 2.45 bits per heavy atom. The number of nitrogens with one attached hydrogen (secondary N) is 1. The van der Waals surface area contributed by atoms with Gasteiger partial charge in [-0.2, -0.15) is 0 Å². The largest absolute Gasteiger partial charge is 0.241 e. The number of hydrogen-bond acceptors (Lipinski definition) is 2. The molecule has 0 spiro atoms. The van der Waals surface area contributed by atoms with E-state index in [2.05, 4.69) is 43.5 Å². The molecule has 0 atom stereocenters. The van der Waals surface area contributed by atoms with Crippen LogP contribution in [0, 0.1) is 5.41 Å². The number of benzene rings is 1. The molecular weight excluding hydrogens is 406 g/mol. The third-order valence-electron chi connectivity index (χ3n) is 4.23. The summed E-state index contributed by atoms with van der Waals surface area (Å²) < 4.78 is 29.1. The van der Waals surface area contributed by atoms with E-state index in [1.165, 1.54) is 12.8 Å². The molecule has 1 N–H and O–H groups in total. The first-order chi connectivity index (χ1) is 9.38. The van der Waals surface area contributed by atoms with Crippen LogP contribution in [0.2, 0.25) is 0 Å². The minimum atomic E-state index is -3.46. The number of hydrogen-bond donors (Lipinski definition) is 1. The molecule has 1 saturated carbocycles. The van der Waals surface area contributed by atoms with Gasteiger partial charge >= 0.3 is 0 Å². The predicted molar refractivity (Wildman–Crippen MR) is 88.2 cm³/mol. The molecular formula is C14H19Br2NO2S. The van der Waals surface area contributed by atoms with Gasteiger partial charge in [-0.3, -0.25) is 0 Å². The Kier molecular flexibility index (Phi) is 5.32. The van der Waals surface area contributed by atoms with E-state index in [4.69, 9.17) is 0 Å². The Morgan fingerprint density at radius 2 is 1.90 bits per heavy atom. The molecule has 3 nitrogen and oxygen atoms in total. The van der Waals surface area contributed by atoms with Crippen LogP contribution in [0.4, 0.5) is 0 Å². The summed E-state index contributed by atoms with van der Waals surface area (Å²) >= 11 is 6.65. The molecule has 1 aromatic rings. The van der Waals surface area contributed by atoms with Crippen LogP contribution < -0.4 is 4.72 Å². The van der Waals surface area contributed by atoms with E-state index in [-0.39, 0.29) is 5.41 Å². The zero-order valence-corrected chi connectivity index (χ0v) is 15.4. The third-order valence-corrected chi connectivity index (χ3v) is 7.11. The van der Waals surface area contributed by atoms with E-state index in [1.54, 1.807) is 18.2 Å². The molecule has 0 bridgehead atoms. The van der Waals surface area contributed by atoms with Crippen LogP contribution in [0.25, 0.3) is 0 Å². The second kappa shape index (κ2) is 6.46. The summed E-state index contributed by atoms with van der Waals surface area (Å²) in [6, 6.07) is 5.11. The van der Waals surface area contributed by atoms with E-state index in [0.717, 1.165) is 23.7 Å². The van der Waals surface area contributed by atoms with Crippen LogP contribution in [-0.2, 0) is 10.0 Å². The van der Waals surface area contributed by atoms with Crippen molar-refractivity contribution in [3.05, 3.63) is 27.1 Å². The van der Waals surface area contributed by atoms with Crippen molar-refractivity contribution in [1.82, 2.24) is 4.72 Å². The van der Waals surface area contributed by atoms with Crippen LogP contribution in [-0.4, -0.2) is 15.0 Å². The van der Waals surface area contributed by atoms with E-state index >= 15 is 0 Å². The van der Waals surface area contributed by atoms with Gasteiger partial charge in [0.25, 0.3) is 0 Å². The Labute approximate surface area is 137 Å². The molecule has 0 heterocycles. The van der Waals surface area contributed by atoms with Crippen molar-refractivity contribution in [3.63, 3.8) is 0 Å². The van der Waals surface area contributed by atoms with E-state index in [9.17, 15) is 8.42 Å². The highest BCUT2D eigenvalue weighted by atomic mass is 79.9. The third kappa shape index (κ3) is 3.64. The quantitative estimate of drug-likeness (QED) is 0.758. The Hall–Kier alpha value is 0.0900. The lowest BCUT2D eigenvalue weighted by Crippen LogP contribution is -2.35.